The first-order valence-corrected chi connectivity index (χ1v) is 10.4. The van der Waals surface area contributed by atoms with E-state index in [-0.39, 0.29) is 18.2 Å². The molecule has 28 heavy (non-hydrogen) atoms. The van der Waals surface area contributed by atoms with Gasteiger partial charge in [0.1, 0.15) is 5.75 Å². The first-order chi connectivity index (χ1) is 13.7. The average molecular weight is 389 g/mol. The first kappa shape index (κ1) is 20.3. The Morgan fingerprint density at radius 1 is 1.11 bits per heavy atom. The van der Waals surface area contributed by atoms with Crippen LogP contribution >= 0.6 is 0 Å². The number of piperidine rings is 1. The smallest absolute Gasteiger partial charge is 0.409 e. The monoisotopic (exact) mass is 389 g/mol. The van der Waals surface area contributed by atoms with Crippen molar-refractivity contribution in [2.24, 2.45) is 0 Å². The van der Waals surface area contributed by atoms with Crippen molar-refractivity contribution in [2.45, 2.75) is 64.1 Å². The highest BCUT2D eigenvalue weighted by Crippen LogP contribution is 2.26. The molecule has 1 aliphatic heterocycles. The lowest BCUT2D eigenvalue weighted by molar-refractivity contribution is 0.0957. The quantitative estimate of drug-likeness (QED) is 0.781. The number of likely N-dealkylation sites (tertiary alicyclic amines) is 1. The van der Waals surface area contributed by atoms with Gasteiger partial charge in [0.05, 0.1) is 12.7 Å². The lowest BCUT2D eigenvalue weighted by Crippen LogP contribution is -2.49. The third-order valence-corrected chi connectivity index (χ3v) is 5.36. The topological polar surface area (TPSA) is 79.9 Å². The van der Waals surface area contributed by atoms with Crippen LogP contribution in [0.4, 0.5) is 9.59 Å². The van der Waals surface area contributed by atoms with Crippen LogP contribution in [0.1, 0.15) is 51.0 Å². The van der Waals surface area contributed by atoms with E-state index in [0.717, 1.165) is 37.0 Å². The SMILES string of the molecule is CCOC(=O)N1CCC(NC(=O)NCc2ccccc2OC2CCCC2)CC1. The van der Waals surface area contributed by atoms with E-state index in [1.165, 1.54) is 12.8 Å². The number of amides is 3. The Morgan fingerprint density at radius 2 is 1.82 bits per heavy atom. The predicted molar refractivity (Wildman–Crippen MR) is 106 cm³/mol. The molecule has 7 nitrogen and oxygen atoms in total. The Labute approximate surface area is 166 Å². The Bertz CT molecular complexity index is 653. The molecule has 1 heterocycles. The number of rotatable bonds is 6. The van der Waals surface area contributed by atoms with E-state index in [4.69, 9.17) is 9.47 Å². The molecule has 2 aliphatic rings. The maximum absolute atomic E-state index is 12.3. The largest absolute Gasteiger partial charge is 0.490 e. The van der Waals surface area contributed by atoms with Gasteiger partial charge in [-0.15, -0.1) is 0 Å². The van der Waals surface area contributed by atoms with Crippen LogP contribution in [0.15, 0.2) is 24.3 Å². The van der Waals surface area contributed by atoms with Crippen LogP contribution in [0, 0.1) is 0 Å². The number of carbonyl (C=O) groups excluding carboxylic acids is 2. The highest BCUT2D eigenvalue weighted by molar-refractivity contribution is 5.74. The van der Waals surface area contributed by atoms with Crippen molar-refractivity contribution in [3.05, 3.63) is 29.8 Å². The Hall–Kier alpha value is -2.44. The van der Waals surface area contributed by atoms with E-state index < -0.39 is 0 Å². The highest BCUT2D eigenvalue weighted by Gasteiger charge is 2.24. The van der Waals surface area contributed by atoms with E-state index >= 15 is 0 Å². The zero-order chi connectivity index (χ0) is 19.8. The third-order valence-electron chi connectivity index (χ3n) is 5.36. The maximum Gasteiger partial charge on any atom is 0.409 e. The van der Waals surface area contributed by atoms with E-state index in [2.05, 4.69) is 10.6 Å². The van der Waals surface area contributed by atoms with Gasteiger partial charge in [-0.2, -0.15) is 0 Å². The molecule has 0 radical (unpaired) electrons. The second kappa shape index (κ2) is 10.2. The highest BCUT2D eigenvalue weighted by atomic mass is 16.6. The second-order valence-corrected chi connectivity index (χ2v) is 7.42. The van der Waals surface area contributed by atoms with Crippen molar-refractivity contribution < 1.29 is 19.1 Å². The number of nitrogens with one attached hydrogen (secondary N) is 2. The van der Waals surface area contributed by atoms with Crippen LogP contribution in [0.5, 0.6) is 5.75 Å². The van der Waals surface area contributed by atoms with Gasteiger partial charge in [-0.05, 0) is 51.5 Å². The molecule has 1 saturated heterocycles. The van der Waals surface area contributed by atoms with Crippen LogP contribution in [-0.4, -0.2) is 48.9 Å². The fourth-order valence-corrected chi connectivity index (χ4v) is 3.78. The van der Waals surface area contributed by atoms with Gasteiger partial charge in [0.15, 0.2) is 0 Å². The van der Waals surface area contributed by atoms with Gasteiger partial charge in [-0.3, -0.25) is 0 Å². The van der Waals surface area contributed by atoms with Crippen molar-refractivity contribution in [1.82, 2.24) is 15.5 Å². The standard InChI is InChI=1S/C21H31N3O4/c1-2-27-21(26)24-13-11-17(12-14-24)23-20(25)22-15-16-7-3-6-10-19(16)28-18-8-4-5-9-18/h3,6-7,10,17-18H,2,4-5,8-9,11-15H2,1H3,(H2,22,23,25). The fourth-order valence-electron chi connectivity index (χ4n) is 3.78. The fraction of sp³-hybridized carbons (Fsp3) is 0.619. The van der Waals surface area contributed by atoms with Gasteiger partial charge in [0.2, 0.25) is 0 Å². The summed E-state index contributed by atoms with van der Waals surface area (Å²) in [5.74, 6) is 0.859. The van der Waals surface area contributed by atoms with Crippen LogP contribution < -0.4 is 15.4 Å². The molecule has 1 aromatic rings. The summed E-state index contributed by atoms with van der Waals surface area (Å²) in [5.41, 5.74) is 0.988. The Morgan fingerprint density at radius 3 is 2.54 bits per heavy atom. The molecule has 0 aromatic heterocycles. The molecule has 1 aromatic carbocycles. The molecule has 0 spiro atoms. The first-order valence-electron chi connectivity index (χ1n) is 10.4. The molecular weight excluding hydrogens is 358 g/mol. The van der Waals surface area contributed by atoms with Crippen molar-refractivity contribution >= 4 is 12.1 Å². The summed E-state index contributed by atoms with van der Waals surface area (Å²) >= 11 is 0. The van der Waals surface area contributed by atoms with Crippen LogP contribution in [0.3, 0.4) is 0 Å². The van der Waals surface area contributed by atoms with Crippen molar-refractivity contribution in [1.29, 1.82) is 0 Å². The molecule has 2 N–H and O–H groups in total. The minimum absolute atomic E-state index is 0.0654. The molecule has 1 aliphatic carbocycles. The predicted octanol–water partition coefficient (Wildman–Crippen LogP) is 3.43. The minimum atomic E-state index is -0.274. The van der Waals surface area contributed by atoms with Crippen LogP contribution in [0.25, 0.3) is 0 Å². The molecule has 154 valence electrons. The van der Waals surface area contributed by atoms with Crippen molar-refractivity contribution in [3.8, 4) is 5.75 Å². The van der Waals surface area contributed by atoms with E-state index in [1.807, 2.05) is 24.3 Å². The number of nitrogens with zero attached hydrogens (tertiary/aromatic N) is 1. The van der Waals surface area contributed by atoms with Gasteiger partial charge in [0, 0.05) is 31.2 Å². The van der Waals surface area contributed by atoms with E-state index in [9.17, 15) is 9.59 Å². The molecule has 0 atom stereocenters. The number of urea groups is 1. The third kappa shape index (κ3) is 5.78. The summed E-state index contributed by atoms with van der Waals surface area (Å²) in [5, 5.41) is 5.93. The lowest BCUT2D eigenvalue weighted by atomic mass is 10.1. The summed E-state index contributed by atoms with van der Waals surface area (Å²) in [4.78, 5) is 25.7. The number of hydrogen-bond acceptors (Lipinski definition) is 4. The van der Waals surface area contributed by atoms with Gasteiger partial charge in [0.25, 0.3) is 0 Å². The minimum Gasteiger partial charge on any atom is -0.490 e. The molecular formula is C21H31N3O4. The van der Waals surface area contributed by atoms with Crippen molar-refractivity contribution in [2.75, 3.05) is 19.7 Å². The zero-order valence-corrected chi connectivity index (χ0v) is 16.6. The van der Waals surface area contributed by atoms with Gasteiger partial charge >= 0.3 is 12.1 Å². The molecule has 7 heteroatoms. The number of ether oxygens (including phenoxy) is 2. The molecule has 3 amide bonds. The average Bonchev–Trinajstić information content (AvgIpc) is 3.21. The lowest BCUT2D eigenvalue weighted by Gasteiger charge is -2.31. The summed E-state index contributed by atoms with van der Waals surface area (Å²) in [6.07, 6.45) is 6.13. The summed E-state index contributed by atoms with van der Waals surface area (Å²) in [7, 11) is 0. The Kier molecular flexibility index (Phi) is 7.39. The number of hydrogen-bond donors (Lipinski definition) is 2. The second-order valence-electron chi connectivity index (χ2n) is 7.42. The molecule has 0 bridgehead atoms. The molecule has 3 rings (SSSR count). The van der Waals surface area contributed by atoms with Gasteiger partial charge < -0.3 is 25.0 Å². The molecule has 0 unspecified atom stereocenters. The summed E-state index contributed by atoms with van der Waals surface area (Å²) in [6.45, 7) is 3.80. The summed E-state index contributed by atoms with van der Waals surface area (Å²) in [6, 6.07) is 7.76. The molecule has 2 fully saturated rings. The number of benzene rings is 1. The van der Waals surface area contributed by atoms with Gasteiger partial charge in [-0.25, -0.2) is 9.59 Å². The zero-order valence-electron chi connectivity index (χ0n) is 16.6. The number of carbonyl (C=O) groups is 2. The van der Waals surface area contributed by atoms with Crippen molar-refractivity contribution in [3.63, 3.8) is 0 Å². The summed E-state index contributed by atoms with van der Waals surface area (Å²) < 4.78 is 11.1. The van der Waals surface area contributed by atoms with Crippen LogP contribution in [0.2, 0.25) is 0 Å². The normalized spacial score (nSPS) is 18.0. The molecule has 1 saturated carbocycles. The van der Waals surface area contributed by atoms with E-state index in [0.29, 0.717) is 32.3 Å². The number of para-hydroxylation sites is 1. The van der Waals surface area contributed by atoms with Crippen LogP contribution in [-0.2, 0) is 11.3 Å². The van der Waals surface area contributed by atoms with Gasteiger partial charge in [-0.1, -0.05) is 18.2 Å². The van der Waals surface area contributed by atoms with E-state index in [1.54, 1.807) is 11.8 Å². The Balaban J connectivity index is 1.42. The maximum atomic E-state index is 12.3.